The quantitative estimate of drug-likeness (QED) is 0.335. The molecular formula is C10H11N5O. The van der Waals surface area contributed by atoms with E-state index in [4.69, 9.17) is 10.9 Å². The maximum Gasteiger partial charge on any atom is 0.172 e. The molecule has 0 amide bonds. The number of hydrogen-bond donors (Lipinski definition) is 2. The van der Waals surface area contributed by atoms with Crippen LogP contribution in [-0.4, -0.2) is 25.8 Å². The fourth-order valence-electron chi connectivity index (χ4n) is 1.44. The van der Waals surface area contributed by atoms with Crippen LogP contribution in [-0.2, 0) is 0 Å². The number of nitrogens with two attached hydrogens (primary N) is 1. The van der Waals surface area contributed by atoms with Gasteiger partial charge in [-0.2, -0.15) is 5.10 Å². The Morgan fingerprint density at radius 2 is 2.31 bits per heavy atom. The summed E-state index contributed by atoms with van der Waals surface area (Å²) in [6.45, 7) is 1.93. The molecule has 3 N–H and O–H groups in total. The first-order valence-corrected chi connectivity index (χ1v) is 4.66. The minimum absolute atomic E-state index is 0.0502. The third-order valence-corrected chi connectivity index (χ3v) is 2.20. The Kier molecular flexibility index (Phi) is 2.55. The SMILES string of the molecule is Cc1ccc(-n2cncn2)c(/C(N)=N/O)c1. The number of aryl methyl sites for hydroxylation is 1. The van der Waals surface area contributed by atoms with Crippen molar-refractivity contribution in [1.29, 1.82) is 0 Å². The van der Waals surface area contributed by atoms with E-state index >= 15 is 0 Å². The van der Waals surface area contributed by atoms with Crippen LogP contribution in [0.2, 0.25) is 0 Å². The average Bonchev–Trinajstić information content (AvgIpc) is 2.81. The highest BCUT2D eigenvalue weighted by Crippen LogP contribution is 2.15. The lowest BCUT2D eigenvalue weighted by Gasteiger charge is -2.08. The summed E-state index contributed by atoms with van der Waals surface area (Å²) in [7, 11) is 0. The normalized spacial score (nSPS) is 11.7. The topological polar surface area (TPSA) is 89.3 Å². The monoisotopic (exact) mass is 217 g/mol. The van der Waals surface area contributed by atoms with Gasteiger partial charge in [0.2, 0.25) is 0 Å². The maximum absolute atomic E-state index is 8.72. The molecular weight excluding hydrogens is 206 g/mol. The van der Waals surface area contributed by atoms with Crippen LogP contribution >= 0.6 is 0 Å². The number of benzene rings is 1. The lowest BCUT2D eigenvalue weighted by molar-refractivity contribution is 0.318. The van der Waals surface area contributed by atoms with Gasteiger partial charge >= 0.3 is 0 Å². The van der Waals surface area contributed by atoms with E-state index in [-0.39, 0.29) is 5.84 Å². The van der Waals surface area contributed by atoms with Crippen molar-refractivity contribution in [3.8, 4) is 5.69 Å². The van der Waals surface area contributed by atoms with E-state index in [0.29, 0.717) is 5.56 Å². The Labute approximate surface area is 92.0 Å². The molecule has 0 aliphatic heterocycles. The fourth-order valence-corrected chi connectivity index (χ4v) is 1.44. The van der Waals surface area contributed by atoms with Crippen LogP contribution in [0.4, 0.5) is 0 Å². The summed E-state index contributed by atoms with van der Waals surface area (Å²) in [5.41, 5.74) is 7.97. The molecule has 0 atom stereocenters. The highest BCUT2D eigenvalue weighted by Gasteiger charge is 2.09. The summed E-state index contributed by atoms with van der Waals surface area (Å²) in [5.74, 6) is 0.0502. The van der Waals surface area contributed by atoms with Gasteiger partial charge in [-0.25, -0.2) is 9.67 Å². The van der Waals surface area contributed by atoms with Crippen molar-refractivity contribution in [1.82, 2.24) is 14.8 Å². The van der Waals surface area contributed by atoms with Crippen LogP contribution < -0.4 is 5.73 Å². The van der Waals surface area contributed by atoms with Gasteiger partial charge in [0.15, 0.2) is 5.84 Å². The van der Waals surface area contributed by atoms with Gasteiger partial charge in [-0.1, -0.05) is 16.8 Å². The molecule has 0 radical (unpaired) electrons. The molecule has 0 bridgehead atoms. The molecule has 6 heteroatoms. The number of rotatable bonds is 2. The van der Waals surface area contributed by atoms with Crippen molar-refractivity contribution < 1.29 is 5.21 Å². The molecule has 1 aromatic heterocycles. The minimum Gasteiger partial charge on any atom is -0.409 e. The van der Waals surface area contributed by atoms with Crippen molar-refractivity contribution in [3.63, 3.8) is 0 Å². The minimum atomic E-state index is 0.0502. The summed E-state index contributed by atoms with van der Waals surface area (Å²) < 4.78 is 1.56. The van der Waals surface area contributed by atoms with E-state index in [9.17, 15) is 0 Å². The first-order chi connectivity index (χ1) is 7.72. The Hall–Kier alpha value is -2.37. The summed E-state index contributed by atoms with van der Waals surface area (Å²) in [5, 5.41) is 15.7. The Balaban J connectivity index is 2.62. The van der Waals surface area contributed by atoms with E-state index in [0.717, 1.165) is 11.3 Å². The van der Waals surface area contributed by atoms with Crippen molar-refractivity contribution in [2.45, 2.75) is 6.92 Å². The molecule has 1 aromatic carbocycles. The van der Waals surface area contributed by atoms with Crippen LogP contribution in [0.5, 0.6) is 0 Å². The number of nitrogens with zero attached hydrogens (tertiary/aromatic N) is 4. The number of aromatic nitrogens is 3. The number of oxime groups is 1. The van der Waals surface area contributed by atoms with Crippen molar-refractivity contribution in [2.24, 2.45) is 10.9 Å². The Morgan fingerprint density at radius 3 is 2.94 bits per heavy atom. The summed E-state index contributed by atoms with van der Waals surface area (Å²) in [4.78, 5) is 3.86. The summed E-state index contributed by atoms with van der Waals surface area (Å²) in [6, 6.07) is 5.59. The van der Waals surface area contributed by atoms with Gasteiger partial charge in [0.25, 0.3) is 0 Å². The molecule has 6 nitrogen and oxygen atoms in total. The first kappa shape index (κ1) is 10.2. The van der Waals surface area contributed by atoms with Gasteiger partial charge in [0.1, 0.15) is 12.7 Å². The van der Waals surface area contributed by atoms with Gasteiger partial charge in [0.05, 0.1) is 5.69 Å². The van der Waals surface area contributed by atoms with Gasteiger partial charge in [-0.05, 0) is 19.1 Å². The van der Waals surface area contributed by atoms with Crippen molar-refractivity contribution >= 4 is 5.84 Å². The van der Waals surface area contributed by atoms with Crippen molar-refractivity contribution in [3.05, 3.63) is 42.0 Å². The van der Waals surface area contributed by atoms with E-state index < -0.39 is 0 Å². The molecule has 2 aromatic rings. The zero-order chi connectivity index (χ0) is 11.5. The van der Waals surface area contributed by atoms with Gasteiger partial charge in [0, 0.05) is 5.56 Å². The molecule has 1 heterocycles. The zero-order valence-corrected chi connectivity index (χ0v) is 8.70. The predicted octanol–water partition coefficient (Wildman–Crippen LogP) is 0.670. The molecule has 0 saturated carbocycles. The third-order valence-electron chi connectivity index (χ3n) is 2.20. The van der Waals surface area contributed by atoms with Crippen LogP contribution in [0.3, 0.4) is 0 Å². The van der Waals surface area contributed by atoms with Gasteiger partial charge in [-0.15, -0.1) is 0 Å². The first-order valence-electron chi connectivity index (χ1n) is 4.66. The van der Waals surface area contributed by atoms with Crippen LogP contribution in [0, 0.1) is 6.92 Å². The zero-order valence-electron chi connectivity index (χ0n) is 8.70. The molecule has 0 aliphatic rings. The molecule has 0 saturated heterocycles. The molecule has 2 rings (SSSR count). The highest BCUT2D eigenvalue weighted by atomic mass is 16.4. The van der Waals surface area contributed by atoms with Crippen molar-refractivity contribution in [2.75, 3.05) is 0 Å². The van der Waals surface area contributed by atoms with E-state index in [2.05, 4.69) is 15.2 Å². The molecule has 0 unspecified atom stereocenters. The lowest BCUT2D eigenvalue weighted by atomic mass is 10.1. The second kappa shape index (κ2) is 4.01. The fraction of sp³-hybridized carbons (Fsp3) is 0.100. The van der Waals surface area contributed by atoms with E-state index in [1.807, 2.05) is 25.1 Å². The van der Waals surface area contributed by atoms with Gasteiger partial charge < -0.3 is 10.9 Å². The third kappa shape index (κ3) is 1.72. The number of hydrogen-bond acceptors (Lipinski definition) is 4. The summed E-state index contributed by atoms with van der Waals surface area (Å²) in [6.07, 6.45) is 2.98. The van der Waals surface area contributed by atoms with Crippen LogP contribution in [0.1, 0.15) is 11.1 Å². The van der Waals surface area contributed by atoms with Crippen LogP contribution in [0.25, 0.3) is 5.69 Å². The molecule has 0 aliphatic carbocycles. The number of amidine groups is 1. The molecule has 0 spiro atoms. The maximum atomic E-state index is 8.72. The summed E-state index contributed by atoms with van der Waals surface area (Å²) >= 11 is 0. The Morgan fingerprint density at radius 1 is 1.50 bits per heavy atom. The molecule has 0 fully saturated rings. The molecule has 16 heavy (non-hydrogen) atoms. The standard InChI is InChI=1S/C10H11N5O/c1-7-2-3-9(15-6-12-5-13-15)8(4-7)10(11)14-16/h2-6,16H,1H3,(H2,11,14). The van der Waals surface area contributed by atoms with Gasteiger partial charge in [-0.3, -0.25) is 0 Å². The van der Waals surface area contributed by atoms with E-state index in [1.165, 1.54) is 6.33 Å². The Bertz CT molecular complexity index is 518. The highest BCUT2D eigenvalue weighted by molar-refractivity contribution is 6.00. The second-order valence-electron chi connectivity index (χ2n) is 3.35. The lowest BCUT2D eigenvalue weighted by Crippen LogP contribution is -2.16. The predicted molar refractivity (Wildman–Crippen MR) is 58.6 cm³/mol. The van der Waals surface area contributed by atoms with Crippen LogP contribution in [0.15, 0.2) is 36.0 Å². The smallest absolute Gasteiger partial charge is 0.172 e. The largest absolute Gasteiger partial charge is 0.409 e. The average molecular weight is 217 g/mol. The molecule has 82 valence electrons. The second-order valence-corrected chi connectivity index (χ2v) is 3.35. The van der Waals surface area contributed by atoms with E-state index in [1.54, 1.807) is 11.0 Å².